The Labute approximate surface area is 175 Å². The van der Waals surface area contributed by atoms with Crippen LogP contribution in [0, 0.1) is 18.3 Å². The number of aliphatic carboxylic acids is 1. The molecule has 1 heterocycles. The van der Waals surface area contributed by atoms with Gasteiger partial charge in [0.2, 0.25) is 0 Å². The maximum absolute atomic E-state index is 12.9. The first-order valence-electron chi connectivity index (χ1n) is 9.40. The van der Waals surface area contributed by atoms with Crippen molar-refractivity contribution >= 4 is 17.7 Å². The van der Waals surface area contributed by atoms with E-state index >= 15 is 0 Å². The molecule has 0 saturated heterocycles. The van der Waals surface area contributed by atoms with Crippen LogP contribution in [-0.2, 0) is 22.5 Å². The molecule has 8 nitrogen and oxygen atoms in total. The van der Waals surface area contributed by atoms with Crippen molar-refractivity contribution in [2.45, 2.75) is 52.7 Å². The second-order valence-electron chi connectivity index (χ2n) is 7.81. The number of amides is 1. The lowest BCUT2D eigenvalue weighted by molar-refractivity contribution is -0.136. The van der Waals surface area contributed by atoms with Crippen molar-refractivity contribution in [3.05, 3.63) is 52.8 Å². The van der Waals surface area contributed by atoms with Gasteiger partial charge in [0.05, 0.1) is 23.9 Å². The fraction of sp³-hybridized carbons (Fsp3) is 0.364. The number of aryl methyl sites for hydroxylation is 1. The van der Waals surface area contributed by atoms with E-state index < -0.39 is 17.7 Å². The highest BCUT2D eigenvalue weighted by atomic mass is 16.6. The van der Waals surface area contributed by atoms with E-state index in [-0.39, 0.29) is 25.1 Å². The smallest absolute Gasteiger partial charge is 0.415 e. The number of carboxylic acids is 1. The summed E-state index contributed by atoms with van der Waals surface area (Å²) in [7, 11) is 0. The van der Waals surface area contributed by atoms with Crippen molar-refractivity contribution in [3.63, 3.8) is 0 Å². The highest BCUT2D eigenvalue weighted by molar-refractivity contribution is 5.88. The Morgan fingerprint density at radius 1 is 1.23 bits per heavy atom. The zero-order chi connectivity index (χ0) is 22.5. The van der Waals surface area contributed by atoms with Gasteiger partial charge in [0.25, 0.3) is 0 Å². The third kappa shape index (κ3) is 5.95. The van der Waals surface area contributed by atoms with Gasteiger partial charge in [-0.05, 0) is 63.9 Å². The molecule has 0 radical (unpaired) electrons. The molecule has 0 spiro atoms. The van der Waals surface area contributed by atoms with Gasteiger partial charge in [-0.15, -0.1) is 0 Å². The molecule has 8 heteroatoms. The summed E-state index contributed by atoms with van der Waals surface area (Å²) in [6.07, 6.45) is 0.826. The Bertz CT molecular complexity index is 972. The van der Waals surface area contributed by atoms with Crippen LogP contribution in [0.3, 0.4) is 0 Å². The molecule has 0 unspecified atom stereocenters. The van der Waals surface area contributed by atoms with Crippen LogP contribution in [0.15, 0.2) is 30.5 Å². The van der Waals surface area contributed by atoms with E-state index in [1.54, 1.807) is 52.0 Å². The largest absolute Gasteiger partial charge is 0.506 e. The lowest BCUT2D eigenvalue weighted by Gasteiger charge is -2.28. The Balaban J connectivity index is 2.47. The third-order valence-electron chi connectivity index (χ3n) is 4.27. The summed E-state index contributed by atoms with van der Waals surface area (Å²) in [5, 5.41) is 28.5. The van der Waals surface area contributed by atoms with Gasteiger partial charge in [-0.1, -0.05) is 0 Å². The summed E-state index contributed by atoms with van der Waals surface area (Å²) in [6, 6.07) is 8.45. The van der Waals surface area contributed by atoms with Gasteiger partial charge in [-0.2, -0.15) is 5.26 Å². The van der Waals surface area contributed by atoms with E-state index in [1.807, 2.05) is 6.07 Å². The average Bonchev–Trinajstić information content (AvgIpc) is 2.66. The van der Waals surface area contributed by atoms with E-state index in [9.17, 15) is 14.7 Å². The molecule has 0 fully saturated rings. The van der Waals surface area contributed by atoms with Crippen LogP contribution in [0.2, 0.25) is 0 Å². The third-order valence-corrected chi connectivity index (χ3v) is 4.27. The molecule has 2 aromatic rings. The number of aromatic hydroxyl groups is 1. The number of ether oxygens (including phenoxy) is 1. The fourth-order valence-corrected chi connectivity index (χ4v) is 2.80. The van der Waals surface area contributed by atoms with Crippen LogP contribution in [-0.4, -0.2) is 32.9 Å². The van der Waals surface area contributed by atoms with Crippen molar-refractivity contribution in [1.29, 1.82) is 5.26 Å². The molecule has 1 amide bonds. The zero-order valence-electron chi connectivity index (χ0n) is 17.5. The molecule has 0 saturated carbocycles. The molecule has 1 aromatic carbocycles. The van der Waals surface area contributed by atoms with Gasteiger partial charge in [0.1, 0.15) is 11.4 Å². The minimum Gasteiger partial charge on any atom is -0.506 e. The van der Waals surface area contributed by atoms with Gasteiger partial charge in [-0.25, -0.2) is 4.79 Å². The number of anilines is 1. The molecule has 158 valence electrons. The number of carboxylic acid groups (broad SMARTS) is 1. The van der Waals surface area contributed by atoms with Gasteiger partial charge in [0.15, 0.2) is 0 Å². The maximum Gasteiger partial charge on any atom is 0.415 e. The van der Waals surface area contributed by atoms with Crippen molar-refractivity contribution in [2.24, 2.45) is 0 Å². The van der Waals surface area contributed by atoms with Crippen LogP contribution in [0.25, 0.3) is 0 Å². The molecule has 2 rings (SSSR count). The molecule has 0 aliphatic rings. The lowest BCUT2D eigenvalue weighted by atomic mass is 10.0. The number of rotatable bonds is 6. The number of aromatic nitrogens is 1. The first-order valence-corrected chi connectivity index (χ1v) is 9.40. The van der Waals surface area contributed by atoms with E-state index in [1.165, 1.54) is 11.1 Å². The number of hydrogen-bond acceptors (Lipinski definition) is 6. The van der Waals surface area contributed by atoms with Gasteiger partial charge < -0.3 is 14.9 Å². The zero-order valence-corrected chi connectivity index (χ0v) is 17.5. The molecule has 0 aliphatic heterocycles. The van der Waals surface area contributed by atoms with Crippen LogP contribution < -0.4 is 4.90 Å². The topological polar surface area (TPSA) is 124 Å². The number of carbonyl (C=O) groups is 2. The molecular weight excluding hydrogens is 386 g/mol. The molecule has 1 aromatic heterocycles. The normalized spacial score (nSPS) is 10.9. The van der Waals surface area contributed by atoms with E-state index in [2.05, 4.69) is 4.98 Å². The number of benzene rings is 1. The van der Waals surface area contributed by atoms with E-state index in [4.69, 9.17) is 15.1 Å². The second kappa shape index (κ2) is 9.27. The van der Waals surface area contributed by atoms with Crippen molar-refractivity contribution < 1.29 is 24.5 Å². The summed E-state index contributed by atoms with van der Waals surface area (Å²) >= 11 is 0. The standard InChI is InChI=1S/C22H25N3O5/c1-14-20(28)18(9-10-19(26)27)16(12-24-14)13-25(21(29)30-22(2,3)4)17-7-5-15(11-23)6-8-17/h5-8,12,28H,9-10,13H2,1-4H3,(H,26,27). The Hall–Kier alpha value is -3.60. The maximum atomic E-state index is 12.9. The predicted octanol–water partition coefficient (Wildman–Crippen LogP) is 3.93. The van der Waals surface area contributed by atoms with Gasteiger partial charge in [0, 0.05) is 23.9 Å². The summed E-state index contributed by atoms with van der Waals surface area (Å²) in [4.78, 5) is 29.5. The fourth-order valence-electron chi connectivity index (χ4n) is 2.80. The van der Waals surface area contributed by atoms with Crippen LogP contribution >= 0.6 is 0 Å². The van der Waals surface area contributed by atoms with Gasteiger partial charge in [-0.3, -0.25) is 14.7 Å². The first kappa shape index (κ1) is 22.7. The number of nitrogens with zero attached hydrogens (tertiary/aromatic N) is 3. The summed E-state index contributed by atoms with van der Waals surface area (Å²) in [6.45, 7) is 6.88. The Morgan fingerprint density at radius 3 is 2.40 bits per heavy atom. The summed E-state index contributed by atoms with van der Waals surface area (Å²) < 4.78 is 5.52. The number of nitriles is 1. The monoisotopic (exact) mass is 411 g/mol. The van der Waals surface area contributed by atoms with Crippen molar-refractivity contribution in [2.75, 3.05) is 4.90 Å². The van der Waals surface area contributed by atoms with Crippen LogP contribution in [0.5, 0.6) is 5.75 Å². The van der Waals surface area contributed by atoms with E-state index in [0.29, 0.717) is 28.1 Å². The minimum absolute atomic E-state index is 0.0105. The molecule has 2 N–H and O–H groups in total. The molecular formula is C22H25N3O5. The number of hydrogen-bond donors (Lipinski definition) is 2. The Kier molecular flexibility index (Phi) is 7.01. The highest BCUT2D eigenvalue weighted by Crippen LogP contribution is 2.28. The number of pyridine rings is 1. The summed E-state index contributed by atoms with van der Waals surface area (Å²) in [5.74, 6) is -1.08. The Morgan fingerprint density at radius 2 is 1.87 bits per heavy atom. The average molecular weight is 411 g/mol. The van der Waals surface area contributed by atoms with E-state index in [0.717, 1.165) is 0 Å². The minimum atomic E-state index is -0.995. The summed E-state index contributed by atoms with van der Waals surface area (Å²) in [5.41, 5.74) is 1.51. The predicted molar refractivity (Wildman–Crippen MR) is 110 cm³/mol. The molecule has 30 heavy (non-hydrogen) atoms. The van der Waals surface area contributed by atoms with Gasteiger partial charge >= 0.3 is 12.1 Å². The molecule has 0 atom stereocenters. The quantitative estimate of drug-likeness (QED) is 0.738. The molecule has 0 bridgehead atoms. The van der Waals surface area contributed by atoms with Crippen molar-refractivity contribution in [1.82, 2.24) is 4.98 Å². The van der Waals surface area contributed by atoms with Crippen molar-refractivity contribution in [3.8, 4) is 11.8 Å². The first-order chi connectivity index (χ1) is 14.0. The second-order valence-corrected chi connectivity index (χ2v) is 7.81. The lowest BCUT2D eigenvalue weighted by Crippen LogP contribution is -2.36. The highest BCUT2D eigenvalue weighted by Gasteiger charge is 2.25. The van der Waals surface area contributed by atoms with Crippen LogP contribution in [0.4, 0.5) is 10.5 Å². The number of carbonyl (C=O) groups excluding carboxylic acids is 1. The van der Waals surface area contributed by atoms with Crippen LogP contribution in [0.1, 0.15) is 49.6 Å². The SMILES string of the molecule is Cc1ncc(CN(C(=O)OC(C)(C)C)c2ccc(C#N)cc2)c(CCC(=O)O)c1O. The molecule has 0 aliphatic carbocycles.